The third-order valence-electron chi connectivity index (χ3n) is 3.17. The first-order valence-electron chi connectivity index (χ1n) is 6.68. The van der Waals surface area contributed by atoms with Gasteiger partial charge in [0.1, 0.15) is 5.76 Å². The van der Waals surface area contributed by atoms with E-state index in [0.717, 1.165) is 5.76 Å². The molecular weight excluding hydrogens is 304 g/mol. The molecule has 3 rings (SSSR count). The van der Waals surface area contributed by atoms with Crippen molar-refractivity contribution in [2.45, 2.75) is 17.7 Å². The van der Waals surface area contributed by atoms with Crippen LogP contribution < -0.4 is 0 Å². The Balaban J connectivity index is 1.73. The van der Waals surface area contributed by atoms with Gasteiger partial charge in [-0.3, -0.25) is 0 Å². The predicted molar refractivity (Wildman–Crippen MR) is 79.0 cm³/mol. The fourth-order valence-electron chi connectivity index (χ4n) is 2.01. The molecule has 0 amide bonds. The molecule has 1 aromatic carbocycles. The van der Waals surface area contributed by atoms with Crippen LogP contribution in [0.3, 0.4) is 0 Å². The van der Waals surface area contributed by atoms with Gasteiger partial charge in [-0.15, -0.1) is 0 Å². The van der Waals surface area contributed by atoms with Gasteiger partial charge in [0.05, 0.1) is 11.2 Å². The zero-order valence-corrected chi connectivity index (χ0v) is 12.7. The van der Waals surface area contributed by atoms with Crippen molar-refractivity contribution in [2.24, 2.45) is 0 Å². The van der Waals surface area contributed by atoms with Gasteiger partial charge in [-0.1, -0.05) is 5.16 Å². The highest BCUT2D eigenvalue weighted by Gasteiger charge is 2.11. The Hall–Kier alpha value is -2.41. The Kier molecular flexibility index (Phi) is 3.81. The Bertz CT molecular complexity index is 849. The van der Waals surface area contributed by atoms with Gasteiger partial charge in [-0.25, -0.2) is 8.42 Å². The lowest BCUT2D eigenvalue weighted by molar-refractivity contribution is 0.374. The standard InChI is InChI=1S/C15H14N2O4S/c1-22(18,19)13-7-4-11(5-8-13)15-16-14(21-17-15)9-6-12-3-2-10-20-12/h2-5,7-8,10H,6,9H2,1H3. The van der Waals surface area contributed by atoms with Crippen LogP contribution in [0, 0.1) is 0 Å². The van der Waals surface area contributed by atoms with Gasteiger partial charge < -0.3 is 8.94 Å². The number of aryl methyl sites for hydroxylation is 2. The third-order valence-corrected chi connectivity index (χ3v) is 4.30. The zero-order chi connectivity index (χ0) is 15.6. The molecule has 0 atom stereocenters. The molecule has 2 heterocycles. The van der Waals surface area contributed by atoms with E-state index in [1.165, 1.54) is 18.4 Å². The highest BCUT2D eigenvalue weighted by molar-refractivity contribution is 7.90. The van der Waals surface area contributed by atoms with Crippen molar-refractivity contribution in [2.75, 3.05) is 6.26 Å². The molecule has 0 spiro atoms. The number of nitrogens with zero attached hydrogens (tertiary/aromatic N) is 2. The highest BCUT2D eigenvalue weighted by Crippen LogP contribution is 2.19. The molecule has 0 unspecified atom stereocenters. The molecule has 114 valence electrons. The number of rotatable bonds is 5. The van der Waals surface area contributed by atoms with Crippen molar-refractivity contribution in [3.63, 3.8) is 0 Å². The minimum absolute atomic E-state index is 0.262. The molecule has 0 fully saturated rings. The third kappa shape index (κ3) is 3.25. The maximum Gasteiger partial charge on any atom is 0.227 e. The summed E-state index contributed by atoms with van der Waals surface area (Å²) in [4.78, 5) is 4.56. The van der Waals surface area contributed by atoms with E-state index in [1.54, 1.807) is 18.4 Å². The lowest BCUT2D eigenvalue weighted by Gasteiger charge is -1.98. The number of benzene rings is 1. The van der Waals surface area contributed by atoms with Gasteiger partial charge in [0, 0.05) is 24.7 Å². The monoisotopic (exact) mass is 318 g/mol. The summed E-state index contributed by atoms with van der Waals surface area (Å²) in [6, 6.07) is 10.1. The van der Waals surface area contributed by atoms with E-state index in [2.05, 4.69) is 10.1 Å². The van der Waals surface area contributed by atoms with E-state index in [9.17, 15) is 8.42 Å². The number of furan rings is 1. The van der Waals surface area contributed by atoms with Crippen LogP contribution in [0.5, 0.6) is 0 Å². The summed E-state index contributed by atoms with van der Waals surface area (Å²) in [6.45, 7) is 0. The highest BCUT2D eigenvalue weighted by atomic mass is 32.2. The molecule has 0 radical (unpaired) electrons. The second-order valence-electron chi connectivity index (χ2n) is 4.89. The summed E-state index contributed by atoms with van der Waals surface area (Å²) < 4.78 is 33.3. The van der Waals surface area contributed by atoms with Crippen molar-refractivity contribution in [1.82, 2.24) is 10.1 Å². The fourth-order valence-corrected chi connectivity index (χ4v) is 2.64. The second-order valence-corrected chi connectivity index (χ2v) is 6.90. The average molecular weight is 318 g/mol. The molecular formula is C15H14N2O4S. The van der Waals surface area contributed by atoms with Crippen LogP contribution in [0.25, 0.3) is 11.4 Å². The van der Waals surface area contributed by atoms with Crippen LogP contribution in [-0.2, 0) is 22.7 Å². The van der Waals surface area contributed by atoms with Crippen LogP contribution in [0.4, 0.5) is 0 Å². The van der Waals surface area contributed by atoms with Crippen molar-refractivity contribution in [3.05, 3.63) is 54.3 Å². The molecule has 3 aromatic rings. The molecule has 0 aliphatic heterocycles. The van der Waals surface area contributed by atoms with E-state index in [4.69, 9.17) is 8.94 Å². The molecule has 2 aromatic heterocycles. The first-order valence-corrected chi connectivity index (χ1v) is 8.57. The predicted octanol–water partition coefficient (Wildman–Crippen LogP) is 2.52. The van der Waals surface area contributed by atoms with Crippen LogP contribution in [0.15, 0.2) is 56.5 Å². The lowest BCUT2D eigenvalue weighted by atomic mass is 10.2. The van der Waals surface area contributed by atoms with E-state index >= 15 is 0 Å². The van der Waals surface area contributed by atoms with Gasteiger partial charge in [0.2, 0.25) is 11.7 Å². The quantitative estimate of drug-likeness (QED) is 0.718. The Morgan fingerprint density at radius 2 is 1.86 bits per heavy atom. The van der Waals surface area contributed by atoms with Crippen molar-refractivity contribution in [3.8, 4) is 11.4 Å². The summed E-state index contributed by atoms with van der Waals surface area (Å²) in [5.41, 5.74) is 0.709. The Morgan fingerprint density at radius 1 is 1.09 bits per heavy atom. The SMILES string of the molecule is CS(=O)(=O)c1ccc(-c2noc(CCc3ccco3)n2)cc1. The lowest BCUT2D eigenvalue weighted by Crippen LogP contribution is -1.96. The Morgan fingerprint density at radius 3 is 2.50 bits per heavy atom. The number of hydrogen-bond donors (Lipinski definition) is 0. The van der Waals surface area contributed by atoms with Crippen molar-refractivity contribution >= 4 is 9.84 Å². The number of hydrogen-bond acceptors (Lipinski definition) is 6. The summed E-state index contributed by atoms with van der Waals surface area (Å²) in [7, 11) is -3.20. The molecule has 0 aliphatic carbocycles. The van der Waals surface area contributed by atoms with Gasteiger partial charge in [-0.2, -0.15) is 4.98 Å². The molecule has 22 heavy (non-hydrogen) atoms. The minimum atomic E-state index is -3.20. The van der Waals surface area contributed by atoms with Gasteiger partial charge in [-0.05, 0) is 36.4 Å². The average Bonchev–Trinajstić information content (AvgIpc) is 3.16. The Labute approximate surface area is 127 Å². The first-order chi connectivity index (χ1) is 10.5. The smallest absolute Gasteiger partial charge is 0.227 e. The normalized spacial score (nSPS) is 11.7. The molecule has 0 saturated heterocycles. The van der Waals surface area contributed by atoms with Crippen molar-refractivity contribution in [1.29, 1.82) is 0 Å². The molecule has 0 aliphatic rings. The summed E-state index contributed by atoms with van der Waals surface area (Å²) in [5, 5.41) is 3.91. The first kappa shape index (κ1) is 14.5. The van der Waals surface area contributed by atoms with E-state index < -0.39 is 9.84 Å². The maximum atomic E-state index is 11.4. The van der Waals surface area contributed by atoms with Gasteiger partial charge in [0.25, 0.3) is 0 Å². The topological polar surface area (TPSA) is 86.2 Å². The van der Waals surface area contributed by atoms with Gasteiger partial charge >= 0.3 is 0 Å². The van der Waals surface area contributed by atoms with Crippen LogP contribution in [0.1, 0.15) is 11.7 Å². The summed E-state index contributed by atoms with van der Waals surface area (Å²) in [5.74, 6) is 1.81. The maximum absolute atomic E-state index is 11.4. The van der Waals surface area contributed by atoms with Crippen LogP contribution in [0.2, 0.25) is 0 Å². The fraction of sp³-hybridized carbons (Fsp3) is 0.200. The van der Waals surface area contributed by atoms with E-state index in [-0.39, 0.29) is 4.90 Å². The molecule has 0 N–H and O–H groups in total. The summed E-state index contributed by atoms with van der Waals surface area (Å²) >= 11 is 0. The second kappa shape index (κ2) is 5.76. The number of aromatic nitrogens is 2. The van der Waals surface area contributed by atoms with E-state index in [1.807, 2.05) is 12.1 Å². The van der Waals surface area contributed by atoms with Crippen molar-refractivity contribution < 1.29 is 17.4 Å². The van der Waals surface area contributed by atoms with E-state index in [0.29, 0.717) is 30.1 Å². The number of sulfone groups is 1. The minimum Gasteiger partial charge on any atom is -0.469 e. The molecule has 0 bridgehead atoms. The zero-order valence-electron chi connectivity index (χ0n) is 11.9. The van der Waals surface area contributed by atoms with Gasteiger partial charge in [0.15, 0.2) is 9.84 Å². The molecule has 0 saturated carbocycles. The van der Waals surface area contributed by atoms with Crippen LogP contribution >= 0.6 is 0 Å². The molecule has 6 nitrogen and oxygen atoms in total. The summed E-state index contributed by atoms with van der Waals surface area (Å²) in [6.07, 6.45) is 4.06. The van der Waals surface area contributed by atoms with Crippen LogP contribution in [-0.4, -0.2) is 24.8 Å². The molecule has 7 heteroatoms. The largest absolute Gasteiger partial charge is 0.469 e.